The van der Waals surface area contributed by atoms with Crippen LogP contribution >= 0.6 is 0 Å². The summed E-state index contributed by atoms with van der Waals surface area (Å²) < 4.78 is 13.9. The summed E-state index contributed by atoms with van der Waals surface area (Å²) in [6.45, 7) is 4.72. The van der Waals surface area contributed by atoms with Crippen molar-refractivity contribution in [3.63, 3.8) is 0 Å². The third-order valence-corrected chi connectivity index (χ3v) is 1.55. The van der Waals surface area contributed by atoms with Crippen molar-refractivity contribution in [3.8, 4) is 0 Å². The van der Waals surface area contributed by atoms with Gasteiger partial charge in [-0.2, -0.15) is 0 Å². The fourth-order valence-electron chi connectivity index (χ4n) is 0.644. The first-order valence-corrected chi connectivity index (χ1v) is 5.11. The Kier molecular flexibility index (Phi) is 11.8. The molecular weight excluding hydrogens is 238 g/mol. The molecule has 0 aliphatic heterocycles. The Balaban J connectivity index is 0. The van der Waals surface area contributed by atoms with E-state index in [-0.39, 0.29) is 48.8 Å². The fourth-order valence-corrected chi connectivity index (χ4v) is 0.644. The van der Waals surface area contributed by atoms with E-state index in [0.717, 1.165) is 0 Å². The van der Waals surface area contributed by atoms with Gasteiger partial charge in [0, 0.05) is 19.3 Å². The van der Waals surface area contributed by atoms with Crippen molar-refractivity contribution in [1.82, 2.24) is 0 Å². The molecule has 0 aromatic carbocycles. The number of rotatable bonds is 6. The van der Waals surface area contributed by atoms with Crippen molar-refractivity contribution in [1.29, 1.82) is 0 Å². The predicted octanol–water partition coefficient (Wildman–Crippen LogP) is 0.182. The molecule has 0 bridgehead atoms. The topological polar surface area (TPSA) is 78.9 Å². The van der Waals surface area contributed by atoms with E-state index in [2.05, 4.69) is 14.0 Å². The fraction of sp³-hybridized carbons (Fsp3) is 0.667. The summed E-state index contributed by atoms with van der Waals surface area (Å²) in [5.41, 5.74) is 0. The van der Waals surface area contributed by atoms with Gasteiger partial charge in [0.1, 0.15) is 0 Å². The second kappa shape index (κ2) is 10.6. The zero-order valence-electron chi connectivity index (χ0n) is 9.65. The molecule has 0 amide bonds. The molecule has 0 N–H and O–H groups in total. The molecule has 0 saturated carbocycles. The van der Waals surface area contributed by atoms with Crippen molar-refractivity contribution in [2.75, 3.05) is 0 Å². The second-order valence-electron chi connectivity index (χ2n) is 2.82. The third kappa shape index (κ3) is 9.20. The van der Waals surface area contributed by atoms with Crippen LogP contribution in [0.1, 0.15) is 40.0 Å². The van der Waals surface area contributed by atoms with Crippen LogP contribution in [-0.2, 0) is 28.3 Å². The van der Waals surface area contributed by atoms with E-state index in [1.807, 2.05) is 0 Å². The summed E-state index contributed by atoms with van der Waals surface area (Å²) in [4.78, 5) is 32.9. The molecule has 0 saturated heterocycles. The molecule has 0 unspecified atom stereocenters. The van der Waals surface area contributed by atoms with Crippen LogP contribution in [-0.4, -0.2) is 54.8 Å². The van der Waals surface area contributed by atoms with Gasteiger partial charge in [-0.25, -0.2) is 0 Å². The van der Waals surface area contributed by atoms with Crippen molar-refractivity contribution in [3.05, 3.63) is 0 Å². The van der Waals surface area contributed by atoms with Crippen LogP contribution in [0.2, 0.25) is 0 Å². The zero-order chi connectivity index (χ0) is 12.6. The molecule has 0 radical (unpaired) electrons. The van der Waals surface area contributed by atoms with Crippen LogP contribution in [0.15, 0.2) is 0 Å². The van der Waals surface area contributed by atoms with Crippen LogP contribution in [0.4, 0.5) is 0 Å². The molecule has 0 aromatic heterocycles. The third-order valence-electron chi connectivity index (χ3n) is 1.55. The van der Waals surface area contributed by atoms with Gasteiger partial charge in [0.2, 0.25) is 0 Å². The summed E-state index contributed by atoms with van der Waals surface area (Å²) in [6, 6.07) is 0. The Morgan fingerprint density at radius 3 is 1.18 bits per heavy atom. The van der Waals surface area contributed by atoms with Gasteiger partial charge >= 0.3 is 36.9 Å². The van der Waals surface area contributed by atoms with Crippen molar-refractivity contribution >= 4 is 54.8 Å². The van der Waals surface area contributed by atoms with E-state index in [1.165, 1.54) is 0 Å². The average molecular weight is 254 g/mol. The van der Waals surface area contributed by atoms with E-state index >= 15 is 0 Å². The summed E-state index contributed by atoms with van der Waals surface area (Å²) in [5, 5.41) is 0. The van der Waals surface area contributed by atoms with Gasteiger partial charge in [-0.1, -0.05) is 20.8 Å². The van der Waals surface area contributed by atoms with Gasteiger partial charge in [0.25, 0.3) is 17.9 Å². The van der Waals surface area contributed by atoms with Crippen molar-refractivity contribution in [2.24, 2.45) is 0 Å². The average Bonchev–Trinajstić information content (AvgIpc) is 2.28. The van der Waals surface area contributed by atoms with E-state index in [9.17, 15) is 14.4 Å². The Morgan fingerprint density at radius 1 is 0.765 bits per heavy atom. The number of hydrogen-bond acceptors (Lipinski definition) is 6. The molecule has 0 aromatic rings. The molecule has 0 aliphatic carbocycles. The first-order valence-electron chi connectivity index (χ1n) is 5.11. The van der Waals surface area contributed by atoms with Crippen LogP contribution in [0.5, 0.6) is 0 Å². The molecule has 17 heavy (non-hydrogen) atoms. The summed E-state index contributed by atoms with van der Waals surface area (Å²) in [7, 11) is -1.58. The minimum absolute atomic E-state index is 0. The number of carbonyl (C=O) groups excluding carboxylic acids is 3. The SMILES string of the molecule is CCC(=O)OB(OC(=O)CC)OC(=O)CC.[NaH]. The molecule has 0 atom stereocenters. The second-order valence-corrected chi connectivity index (χ2v) is 2.82. The predicted molar refractivity (Wildman–Crippen MR) is 62.1 cm³/mol. The molecule has 0 fully saturated rings. The normalized spacial score (nSPS) is 8.65. The van der Waals surface area contributed by atoms with E-state index < -0.39 is 25.2 Å². The van der Waals surface area contributed by atoms with Gasteiger partial charge in [-0.15, -0.1) is 0 Å². The van der Waals surface area contributed by atoms with Crippen LogP contribution in [0.3, 0.4) is 0 Å². The van der Waals surface area contributed by atoms with Gasteiger partial charge in [0.15, 0.2) is 0 Å². The zero-order valence-corrected chi connectivity index (χ0v) is 9.65. The first-order chi connectivity index (χ1) is 7.53. The Morgan fingerprint density at radius 2 is 1.00 bits per heavy atom. The number of carbonyl (C=O) groups is 3. The molecule has 92 valence electrons. The Hall–Kier alpha value is -0.525. The van der Waals surface area contributed by atoms with Crippen LogP contribution < -0.4 is 0 Å². The molecular formula is C9H16BNaO6. The van der Waals surface area contributed by atoms with Gasteiger partial charge < -0.3 is 14.0 Å². The number of hydrogen-bond donors (Lipinski definition) is 0. The first kappa shape index (κ1) is 18.8. The maximum absolute atomic E-state index is 11.0. The molecule has 0 rings (SSSR count). The standard InChI is InChI=1S/C9H15BO6.Na.H/c1-4-7(11)14-10(15-8(12)5-2)16-9(13)6-3;;/h4-6H2,1-3H3;;. The summed E-state index contributed by atoms with van der Waals surface area (Å²) >= 11 is 0. The van der Waals surface area contributed by atoms with Gasteiger partial charge in [0.05, 0.1) is 0 Å². The van der Waals surface area contributed by atoms with Gasteiger partial charge in [-0.3, -0.25) is 14.4 Å². The van der Waals surface area contributed by atoms with Crippen molar-refractivity contribution in [2.45, 2.75) is 40.0 Å². The molecule has 0 heterocycles. The molecule has 8 heteroatoms. The summed E-state index contributed by atoms with van der Waals surface area (Å²) in [5.74, 6) is -1.84. The van der Waals surface area contributed by atoms with E-state index in [4.69, 9.17) is 0 Å². The minimum atomic E-state index is -1.58. The Bertz CT molecular complexity index is 227. The summed E-state index contributed by atoms with van der Waals surface area (Å²) in [6.07, 6.45) is 0.303. The maximum atomic E-state index is 11.0. The molecule has 6 nitrogen and oxygen atoms in total. The van der Waals surface area contributed by atoms with Gasteiger partial charge in [-0.05, 0) is 0 Å². The van der Waals surface area contributed by atoms with Crippen LogP contribution in [0.25, 0.3) is 0 Å². The molecule has 0 aliphatic rings. The van der Waals surface area contributed by atoms with E-state index in [1.54, 1.807) is 20.8 Å². The molecule has 0 spiro atoms. The monoisotopic (exact) mass is 254 g/mol. The van der Waals surface area contributed by atoms with E-state index in [0.29, 0.717) is 0 Å². The quantitative estimate of drug-likeness (QED) is 0.629. The van der Waals surface area contributed by atoms with Crippen LogP contribution in [0, 0.1) is 0 Å². The van der Waals surface area contributed by atoms with Crippen molar-refractivity contribution < 1.29 is 28.3 Å². The Labute approximate surface area is 123 Å².